The van der Waals surface area contributed by atoms with E-state index in [1.54, 1.807) is 0 Å². The quantitative estimate of drug-likeness (QED) is 0.0533. The van der Waals surface area contributed by atoms with E-state index in [0.717, 1.165) is 0 Å². The van der Waals surface area contributed by atoms with Gasteiger partial charge in [0.25, 0.3) is 0 Å². The third-order valence-corrected chi connectivity index (χ3v) is 9010. The average Bonchev–Trinajstić information content (AvgIpc) is 0.822. The molecule has 0 aliphatic heterocycles. The van der Waals surface area contributed by atoms with Crippen molar-refractivity contribution in [3.05, 3.63) is 0 Å². The Morgan fingerprint density at radius 3 is 0.186 bits per heavy atom. The average molecular weight is 14300 g/mol. The fourth-order valence-corrected chi connectivity index (χ4v) is 22400. The van der Waals surface area contributed by atoms with Gasteiger partial charge in [-0.1, -0.05) is 0 Å². The molecule has 0 rings (SSSR count). The van der Waals surface area contributed by atoms with Gasteiger partial charge in [0.1, 0.15) is 0 Å². The predicted molar refractivity (Wildman–Crippen MR) is 1570 cm³/mol. The molecule has 0 saturated heterocycles. The van der Waals surface area contributed by atoms with Crippen LogP contribution in [0, 0.1) is 0 Å². The second-order valence-electron chi connectivity index (χ2n) is 8.96. The van der Waals surface area contributed by atoms with Crippen LogP contribution in [-0.2, 0) is 0 Å². The van der Waals surface area contributed by atoms with Gasteiger partial charge in [-0.15, -0.1) is 0 Å². The van der Waals surface area contributed by atoms with Gasteiger partial charge in [0.2, 0.25) is 0 Å². The van der Waals surface area contributed by atoms with Crippen LogP contribution in [0.2, 0.25) is 0 Å². The molecule has 0 fully saturated rings. The minimum atomic E-state index is -0.671. The van der Waals surface area contributed by atoms with Crippen LogP contribution in [0.5, 0.6) is 0 Å². The fourth-order valence-electron chi connectivity index (χ4n) is 1.65. The zero-order valence-corrected chi connectivity index (χ0v) is 287. The molecule has 0 spiro atoms. The molecule has 0 amide bonds. The molecule has 792 valence electrons. The molecular weight excluding hydrogens is 14300 g/mol. The van der Waals surface area contributed by atoms with Crippen molar-refractivity contribution < 1.29 is 13.3 Å². The second-order valence-corrected chi connectivity index (χ2v) is 2710. The minimum absolute atomic E-state index is 0.426. The van der Waals surface area contributed by atoms with E-state index in [1.165, 1.54) is 0 Å². The van der Waals surface area contributed by atoms with Crippen LogP contribution in [-0.4, -0.2) is 0 Å². The molecule has 0 N–H and O–H groups in total. The van der Waals surface area contributed by atoms with Gasteiger partial charge in [-0.3, -0.25) is 0 Å². The molecule has 0 aromatic rings. The molecule has 113 heteroatoms. The Hall–Kier alpha value is 82.5. The van der Waals surface area contributed by atoms with Gasteiger partial charge in [0, 0.05) is 0 Å². The summed E-state index contributed by atoms with van der Waals surface area (Å²) in [6.07, 6.45) is 0. The fraction of sp³-hybridized carbons (Fsp3) is 0. The summed E-state index contributed by atoms with van der Waals surface area (Å²) in [5, 5.41) is 0. The van der Waals surface area contributed by atoms with Gasteiger partial charge in [0.15, 0.2) is 0 Å². The summed E-state index contributed by atoms with van der Waals surface area (Å²) in [6.45, 7) is 0. The third kappa shape index (κ3) is 79.8. The normalized spacial score (nSPS) is 19.2. The zero-order valence-electron chi connectivity index (χ0n) is 42.7. The maximum absolute atomic E-state index is 3.50. The summed E-state index contributed by atoms with van der Waals surface area (Å²) in [5.74, 6) is 0. The van der Waals surface area contributed by atoms with Crippen LogP contribution >= 0.6 is 1500 Å². The van der Waals surface area contributed by atoms with E-state index >= 15 is 0 Å². The molecular formula is I113-. The summed E-state index contributed by atoms with van der Waals surface area (Å²) < 4.78 is 0. The first-order chi connectivity index (χ1) is 51.4. The molecule has 0 aliphatic carbocycles. The van der Waals surface area contributed by atoms with Gasteiger partial charge in [-0.2, -0.15) is 0 Å². The van der Waals surface area contributed by atoms with Gasteiger partial charge < -0.3 is 0 Å². The molecule has 0 radical (unpaired) electrons. The molecule has 0 atom stereocenters. The summed E-state index contributed by atoms with van der Waals surface area (Å²) in [4.78, 5) is 0. The first-order valence-corrected chi connectivity index (χ1v) is 720. The number of halogens is 113. The van der Waals surface area contributed by atoms with Crippen molar-refractivity contribution in [2.24, 2.45) is 0 Å². The van der Waals surface area contributed by atoms with Gasteiger partial charge in [-0.05, 0) is 0 Å². The van der Waals surface area contributed by atoms with Crippen molar-refractivity contribution in [3.63, 3.8) is 0 Å². The Morgan fingerprint density at radius 1 is 0.0796 bits per heavy atom. The Morgan fingerprint density at radius 2 is 0.133 bits per heavy atom. The molecule has 0 saturated carbocycles. The molecule has 0 aromatic heterocycles. The Bertz CT molecular complexity index is 2390. The van der Waals surface area contributed by atoms with Crippen molar-refractivity contribution in [2.45, 2.75) is 0 Å². The number of hydrogen-bond donors (Lipinski definition) is 0. The summed E-state index contributed by atoms with van der Waals surface area (Å²) >= 11 is 195. The maximum atomic E-state index is 3.50. The zero-order chi connectivity index (χ0) is 89.5. The second kappa shape index (κ2) is 118. The standard InChI is InChI=1S/I113/c1-58-60(4)62(6)64(8)66(10)68(12)70(14)72(16)74(18)76(20)78(22)80(24)82(26)84(28)86(30)88(32)90(34)92(36)94(38)96(40)98(42)100(44)102(46)104(48)106(50)108(52)110(54)112(56)113(57)111(55)109(53)107(51)105(49)103(47)101(45)99(43)97(41)95(39)93(37)91(35)89(33)87(31)85(29)83(27)81(25)79(23)77(21)75(19)73(17)71(15)69(13)67(11)65(9)63(7)61(5)59(2)3/q-1. The van der Waals surface area contributed by atoms with Gasteiger partial charge >= 0.3 is 1510 Å². The van der Waals surface area contributed by atoms with Crippen LogP contribution in [0.25, 0.3) is 0 Å². The SMILES string of the molecule is I[I-]I(I)I(I)I(I)I(I)I(I)I(I)I(I)I(I)I(I)I(I)I(I)I(I)I(I)I(I)I(I)I(I)I(I)I(I)I(I)I(I)I(I)I(I)I(I)I(I)I(I)I(I)I(I)I(I)I(I)I(I)I(I)I(I)I(I)I(I)I(I)I(I)I(I)I(I)I(I)I(I)I(I)I(I)I(I)I(I)I(I)I(I)I(I)I(I)I(I)I(I)I(I)I(I)I(I)I(I)I(I)I. The third-order valence-electron chi connectivity index (χ3n) is 4.45. The van der Waals surface area contributed by atoms with E-state index in [4.69, 9.17) is 0 Å². The molecule has 0 aromatic carbocycles. The van der Waals surface area contributed by atoms with Crippen molar-refractivity contribution in [2.75, 3.05) is 0 Å². The van der Waals surface area contributed by atoms with E-state index in [-0.39, 0.29) is 0 Å². The van der Waals surface area contributed by atoms with Crippen molar-refractivity contribution in [1.82, 2.24) is 0 Å². The van der Waals surface area contributed by atoms with Crippen LogP contribution in [0.15, 0.2) is 0 Å². The first kappa shape index (κ1) is 195. The van der Waals surface area contributed by atoms with Crippen molar-refractivity contribution in [3.8, 4) is 0 Å². The Labute approximate surface area is 1420 Å². The Balaban J connectivity index is 5.94. The molecule has 113 heavy (non-hydrogen) atoms. The summed E-state index contributed by atoms with van der Waals surface area (Å²) in [7, 11) is -34.2. The van der Waals surface area contributed by atoms with Crippen molar-refractivity contribution >= 4 is 1500 Å². The predicted octanol–water partition coefficient (Wildman–Crippen LogP) is 96.2. The monoisotopic (exact) mass is 14300 g/mol. The number of rotatable bonds is 55. The van der Waals surface area contributed by atoms with Crippen LogP contribution in [0.1, 0.15) is 0 Å². The van der Waals surface area contributed by atoms with Crippen LogP contribution in [0.3, 0.4) is 0 Å². The molecule has 0 unspecified atom stereocenters. The summed E-state index contributed by atoms with van der Waals surface area (Å²) in [6, 6.07) is 0. The molecule has 0 nitrogen and oxygen atoms in total. The van der Waals surface area contributed by atoms with Crippen LogP contribution < -0.4 is 13.3 Å². The van der Waals surface area contributed by atoms with Gasteiger partial charge in [0.05, 0.1) is 0 Å². The van der Waals surface area contributed by atoms with E-state index in [9.17, 15) is 0 Å². The number of hydrogen-bond acceptors (Lipinski definition) is 0. The van der Waals surface area contributed by atoms with E-state index in [0.29, 0.717) is 13.3 Å². The van der Waals surface area contributed by atoms with E-state index < -0.39 is 434 Å². The molecule has 0 aliphatic rings. The van der Waals surface area contributed by atoms with Crippen molar-refractivity contribution in [1.29, 1.82) is 0 Å². The molecule has 0 bridgehead atoms. The Kier molecular flexibility index (Phi) is 204. The first-order valence-electron chi connectivity index (χ1n) is 16.0. The van der Waals surface area contributed by atoms with E-state index in [2.05, 4.69) is 1060 Å². The van der Waals surface area contributed by atoms with Crippen LogP contribution in [0.4, 0.5) is 0 Å². The summed E-state index contributed by atoms with van der Waals surface area (Å²) in [5.41, 5.74) is 0. The molecule has 0 heterocycles. The topological polar surface area (TPSA) is 0 Å². The van der Waals surface area contributed by atoms with E-state index in [1.807, 2.05) is 0 Å². The van der Waals surface area contributed by atoms with Gasteiger partial charge in [-0.25, -0.2) is 0 Å².